The van der Waals surface area contributed by atoms with Crippen molar-refractivity contribution in [1.82, 2.24) is 4.90 Å². The van der Waals surface area contributed by atoms with Gasteiger partial charge in [-0.25, -0.2) is 4.79 Å². The smallest absolute Gasteiger partial charge is 0.338 e. The lowest BCUT2D eigenvalue weighted by atomic mass is 9.74. The van der Waals surface area contributed by atoms with E-state index >= 15 is 0 Å². The first-order chi connectivity index (χ1) is 11.1. The molecule has 3 aliphatic heterocycles. The van der Waals surface area contributed by atoms with Crippen LogP contribution in [0.1, 0.15) is 28.3 Å². The number of esters is 1. The first-order valence-corrected chi connectivity index (χ1v) is 7.87. The van der Waals surface area contributed by atoms with Gasteiger partial charge in [-0.2, -0.15) is 0 Å². The minimum atomic E-state index is -0.764. The minimum absolute atomic E-state index is 0.0836. The number of hydrogen-bond acceptors (Lipinski definition) is 6. The topological polar surface area (TPSA) is 68.2 Å². The van der Waals surface area contributed by atoms with Crippen molar-refractivity contribution in [3.05, 3.63) is 34.9 Å². The van der Waals surface area contributed by atoms with Crippen LogP contribution in [-0.2, 0) is 4.74 Å². The summed E-state index contributed by atoms with van der Waals surface area (Å²) in [5.41, 5.74) is 2.63. The molecule has 0 amide bonds. The average molecular weight is 315 g/mol. The number of fused-ring (bicyclic) bond motifs is 6. The van der Waals surface area contributed by atoms with Gasteiger partial charge < -0.3 is 19.3 Å². The van der Waals surface area contributed by atoms with E-state index in [4.69, 9.17) is 14.2 Å². The second-order valence-electron chi connectivity index (χ2n) is 6.60. The van der Waals surface area contributed by atoms with Gasteiger partial charge in [-0.3, -0.25) is 4.90 Å². The van der Waals surface area contributed by atoms with Gasteiger partial charge in [0.2, 0.25) is 6.79 Å². The van der Waals surface area contributed by atoms with E-state index in [2.05, 4.69) is 11.9 Å². The maximum atomic E-state index is 12.4. The molecule has 1 aromatic carbocycles. The highest BCUT2D eigenvalue weighted by molar-refractivity contribution is 5.94. The van der Waals surface area contributed by atoms with Crippen molar-refractivity contribution < 1.29 is 24.1 Å². The van der Waals surface area contributed by atoms with Gasteiger partial charge in [0.05, 0.1) is 5.56 Å². The molecule has 0 radical (unpaired) electrons. The molecule has 4 aliphatic rings. The highest BCUT2D eigenvalue weighted by atomic mass is 16.7. The molecule has 1 fully saturated rings. The molecule has 0 unspecified atom stereocenters. The summed E-state index contributed by atoms with van der Waals surface area (Å²) in [6, 6.07) is 3.74. The van der Waals surface area contributed by atoms with Gasteiger partial charge in [0.25, 0.3) is 0 Å². The molecule has 0 spiro atoms. The number of likely N-dealkylation sites (tertiary alicyclic amines) is 1. The Balaban J connectivity index is 1.70. The van der Waals surface area contributed by atoms with Crippen molar-refractivity contribution in [3.63, 3.8) is 0 Å². The van der Waals surface area contributed by atoms with Crippen LogP contribution >= 0.6 is 0 Å². The van der Waals surface area contributed by atoms with Gasteiger partial charge >= 0.3 is 5.97 Å². The summed E-state index contributed by atoms with van der Waals surface area (Å²) in [4.78, 5) is 14.7. The first-order valence-electron chi connectivity index (χ1n) is 7.87. The van der Waals surface area contributed by atoms with E-state index in [1.54, 1.807) is 6.07 Å². The molecule has 1 N–H and O–H groups in total. The fourth-order valence-electron chi connectivity index (χ4n) is 4.36. The van der Waals surface area contributed by atoms with E-state index < -0.39 is 18.2 Å². The van der Waals surface area contributed by atoms with Crippen molar-refractivity contribution in [2.24, 2.45) is 0 Å². The number of hydrogen-bond donors (Lipinski definition) is 1. The monoisotopic (exact) mass is 315 g/mol. The van der Waals surface area contributed by atoms with Crippen molar-refractivity contribution in [2.45, 2.75) is 30.6 Å². The molecule has 1 aliphatic carbocycles. The van der Waals surface area contributed by atoms with Crippen LogP contribution in [0.5, 0.6) is 11.5 Å². The second kappa shape index (κ2) is 4.49. The summed E-state index contributed by atoms with van der Waals surface area (Å²) in [5.74, 6) is 0.741. The molecule has 0 saturated carbocycles. The number of rotatable bonds is 0. The van der Waals surface area contributed by atoms with Crippen LogP contribution in [0.2, 0.25) is 0 Å². The molecular weight excluding hydrogens is 298 g/mol. The van der Waals surface area contributed by atoms with Crippen molar-refractivity contribution in [1.29, 1.82) is 0 Å². The van der Waals surface area contributed by atoms with E-state index in [-0.39, 0.29) is 18.8 Å². The summed E-state index contributed by atoms with van der Waals surface area (Å²) in [6.07, 6.45) is 1.49. The molecule has 0 aromatic heterocycles. The number of nitrogens with zero attached hydrogens (tertiary/aromatic N) is 1. The summed E-state index contributed by atoms with van der Waals surface area (Å²) in [7, 11) is 2.07. The zero-order valence-electron chi connectivity index (χ0n) is 12.7. The van der Waals surface area contributed by atoms with E-state index in [1.165, 1.54) is 5.57 Å². The number of carbonyl (C=O) groups is 1. The number of ether oxygens (including phenoxy) is 3. The predicted molar refractivity (Wildman–Crippen MR) is 79.6 cm³/mol. The molecule has 5 rings (SSSR count). The summed E-state index contributed by atoms with van der Waals surface area (Å²) >= 11 is 0. The Bertz CT molecular complexity index is 743. The van der Waals surface area contributed by atoms with E-state index in [0.717, 1.165) is 18.5 Å². The Morgan fingerprint density at radius 1 is 1.26 bits per heavy atom. The largest absolute Gasteiger partial charge is 0.455 e. The molecule has 1 saturated heterocycles. The highest BCUT2D eigenvalue weighted by Gasteiger charge is 2.50. The maximum absolute atomic E-state index is 12.4. The Morgan fingerprint density at radius 2 is 2.04 bits per heavy atom. The average Bonchev–Trinajstić information content (AvgIpc) is 3.13. The highest BCUT2D eigenvalue weighted by Crippen LogP contribution is 2.48. The third-order valence-corrected chi connectivity index (χ3v) is 5.39. The molecule has 4 atom stereocenters. The van der Waals surface area contributed by atoms with Crippen LogP contribution in [-0.4, -0.2) is 54.6 Å². The Morgan fingerprint density at radius 3 is 2.87 bits per heavy atom. The fraction of sp³-hybridized carbons (Fsp3) is 0.471. The summed E-state index contributed by atoms with van der Waals surface area (Å²) in [5, 5.41) is 10.4. The van der Waals surface area contributed by atoms with Crippen LogP contribution in [0.15, 0.2) is 23.8 Å². The van der Waals surface area contributed by atoms with Crippen LogP contribution in [0.3, 0.4) is 0 Å². The molecule has 6 heteroatoms. The van der Waals surface area contributed by atoms with E-state index in [9.17, 15) is 9.90 Å². The third-order valence-electron chi connectivity index (χ3n) is 5.39. The lowest BCUT2D eigenvalue weighted by molar-refractivity contribution is -0.0336. The van der Waals surface area contributed by atoms with Crippen molar-refractivity contribution >= 4 is 5.97 Å². The molecule has 6 nitrogen and oxygen atoms in total. The number of likely N-dealkylation sites (N-methyl/N-ethyl adjacent to an activating group) is 1. The number of aliphatic hydroxyl groups is 1. The molecule has 0 bridgehead atoms. The predicted octanol–water partition coefficient (Wildman–Crippen LogP) is 1.04. The zero-order chi connectivity index (χ0) is 15.7. The van der Waals surface area contributed by atoms with Crippen molar-refractivity contribution in [3.8, 4) is 11.5 Å². The molecule has 1 aromatic rings. The molecule has 23 heavy (non-hydrogen) atoms. The van der Waals surface area contributed by atoms with Crippen molar-refractivity contribution in [2.75, 3.05) is 20.4 Å². The maximum Gasteiger partial charge on any atom is 0.338 e. The van der Waals surface area contributed by atoms with Gasteiger partial charge in [-0.05, 0) is 31.2 Å². The lowest BCUT2D eigenvalue weighted by Crippen LogP contribution is -2.50. The number of benzene rings is 1. The fourth-order valence-corrected chi connectivity index (χ4v) is 4.36. The van der Waals surface area contributed by atoms with Gasteiger partial charge in [0, 0.05) is 18.5 Å². The van der Waals surface area contributed by atoms with Gasteiger partial charge in [-0.1, -0.05) is 11.6 Å². The van der Waals surface area contributed by atoms with Crippen LogP contribution in [0.4, 0.5) is 0 Å². The minimum Gasteiger partial charge on any atom is -0.455 e. The Labute approximate surface area is 133 Å². The normalized spacial score (nSPS) is 34.3. The SMILES string of the molecule is CN1CCC2=C[C@H](O)[C@H]3OC(=O)c4cc5c(cc4[C@H]3[C@@H]21)OCO5. The quantitative estimate of drug-likeness (QED) is 0.570. The Kier molecular flexibility index (Phi) is 2.61. The number of carbonyl (C=O) groups excluding carboxylic acids is 1. The molecule has 3 heterocycles. The van der Waals surface area contributed by atoms with Gasteiger partial charge in [0.15, 0.2) is 11.5 Å². The van der Waals surface area contributed by atoms with Crippen LogP contribution in [0.25, 0.3) is 0 Å². The third kappa shape index (κ3) is 1.73. The lowest BCUT2D eigenvalue weighted by Gasteiger charge is -2.43. The second-order valence-corrected chi connectivity index (χ2v) is 6.60. The summed E-state index contributed by atoms with van der Waals surface area (Å²) < 4.78 is 16.4. The van der Waals surface area contributed by atoms with E-state index in [0.29, 0.717) is 17.1 Å². The van der Waals surface area contributed by atoms with Crippen LogP contribution < -0.4 is 9.47 Å². The summed E-state index contributed by atoms with van der Waals surface area (Å²) in [6.45, 7) is 1.11. The standard InChI is InChI=1S/C17H17NO5/c1-18-3-2-8-4-11(19)16-14(15(8)18)9-5-12-13(22-7-21-12)6-10(9)17(20)23-16/h4-6,11,14-16,19H,2-3,7H2,1H3/t11-,14-,15+,16+/m0/s1. The van der Waals surface area contributed by atoms with E-state index in [1.807, 2.05) is 12.1 Å². The number of aliphatic hydroxyl groups excluding tert-OH is 1. The Hall–Kier alpha value is -2.05. The first kappa shape index (κ1) is 13.4. The molecule has 120 valence electrons. The molecular formula is C17H17NO5. The zero-order valence-corrected chi connectivity index (χ0v) is 12.7. The van der Waals surface area contributed by atoms with Gasteiger partial charge in [-0.15, -0.1) is 0 Å². The van der Waals surface area contributed by atoms with Crippen LogP contribution in [0, 0.1) is 0 Å². The van der Waals surface area contributed by atoms with Gasteiger partial charge in [0.1, 0.15) is 12.2 Å².